The summed E-state index contributed by atoms with van der Waals surface area (Å²) in [4.78, 5) is 23.1. The van der Waals surface area contributed by atoms with Gasteiger partial charge in [-0.05, 0) is 45.2 Å². The molecule has 1 aliphatic heterocycles. The van der Waals surface area contributed by atoms with Crippen LogP contribution in [0.5, 0.6) is 0 Å². The van der Waals surface area contributed by atoms with E-state index in [0.717, 1.165) is 29.7 Å². The van der Waals surface area contributed by atoms with Crippen molar-refractivity contribution in [3.63, 3.8) is 0 Å². The minimum atomic E-state index is -0.489. The maximum Gasteiger partial charge on any atom is 0.410 e. The van der Waals surface area contributed by atoms with Crippen molar-refractivity contribution in [2.45, 2.75) is 51.8 Å². The summed E-state index contributed by atoms with van der Waals surface area (Å²) in [5, 5.41) is 7.84. The number of carbonyl (C=O) groups is 1. The topological polar surface area (TPSA) is 111 Å². The third kappa shape index (κ3) is 5.79. The lowest BCUT2D eigenvalue weighted by atomic mass is 10.1. The molecule has 0 unspecified atom stereocenters. The number of anilines is 2. The number of likely N-dealkylation sites (tertiary alicyclic amines) is 1. The number of benzene rings is 1. The van der Waals surface area contributed by atoms with Crippen LogP contribution in [0.3, 0.4) is 0 Å². The number of piperidine rings is 1. The molecule has 0 spiro atoms. The number of nitrogens with zero attached hydrogens (tertiary/aromatic N) is 5. The van der Waals surface area contributed by atoms with Crippen molar-refractivity contribution in [2.24, 2.45) is 0 Å². The third-order valence-electron chi connectivity index (χ3n) is 5.47. The summed E-state index contributed by atoms with van der Waals surface area (Å²) in [5.74, 6) is 1.10. The van der Waals surface area contributed by atoms with Gasteiger partial charge in [-0.15, -0.1) is 0 Å². The molecule has 33 heavy (non-hydrogen) atoms. The number of nitrogens with one attached hydrogen (secondary N) is 1. The Kier molecular flexibility index (Phi) is 6.48. The van der Waals surface area contributed by atoms with Crippen LogP contribution in [-0.2, 0) is 11.3 Å². The van der Waals surface area contributed by atoms with E-state index in [1.807, 2.05) is 57.2 Å². The number of ether oxygens (including phenoxy) is 1. The second-order valence-corrected chi connectivity index (χ2v) is 9.24. The number of hydrogen-bond donors (Lipinski definition) is 2. The fourth-order valence-electron chi connectivity index (χ4n) is 3.77. The first-order valence-corrected chi connectivity index (χ1v) is 11.2. The molecule has 9 heteroatoms. The van der Waals surface area contributed by atoms with Gasteiger partial charge in [0.05, 0.1) is 24.0 Å². The molecule has 1 fully saturated rings. The van der Waals surface area contributed by atoms with E-state index in [0.29, 0.717) is 31.4 Å². The van der Waals surface area contributed by atoms with E-state index in [1.165, 1.54) is 0 Å². The molecule has 0 radical (unpaired) electrons. The lowest BCUT2D eigenvalue weighted by Crippen LogP contribution is -2.44. The minimum absolute atomic E-state index is 0.178. The molecule has 0 aliphatic carbocycles. The van der Waals surface area contributed by atoms with Crippen molar-refractivity contribution in [2.75, 3.05) is 24.1 Å². The Labute approximate surface area is 194 Å². The van der Waals surface area contributed by atoms with E-state index in [9.17, 15) is 4.79 Å². The first-order chi connectivity index (χ1) is 15.8. The second-order valence-electron chi connectivity index (χ2n) is 9.24. The van der Waals surface area contributed by atoms with Crippen molar-refractivity contribution in [3.8, 4) is 11.3 Å². The number of carbonyl (C=O) groups excluding carboxylic acids is 1. The molecule has 4 rings (SSSR count). The predicted octanol–water partition coefficient (Wildman–Crippen LogP) is 3.78. The molecule has 3 aromatic rings. The Morgan fingerprint density at radius 3 is 2.61 bits per heavy atom. The van der Waals surface area contributed by atoms with Crippen LogP contribution in [0.1, 0.15) is 39.2 Å². The highest BCUT2D eigenvalue weighted by molar-refractivity contribution is 5.71. The number of nitrogens with two attached hydrogens (primary N) is 1. The van der Waals surface area contributed by atoms with Crippen molar-refractivity contribution in [1.82, 2.24) is 24.6 Å². The van der Waals surface area contributed by atoms with Crippen LogP contribution in [-0.4, -0.2) is 55.5 Å². The summed E-state index contributed by atoms with van der Waals surface area (Å²) in [7, 11) is 0. The van der Waals surface area contributed by atoms with Gasteiger partial charge in [-0.1, -0.05) is 30.3 Å². The van der Waals surface area contributed by atoms with Gasteiger partial charge in [0.2, 0.25) is 5.95 Å². The van der Waals surface area contributed by atoms with E-state index in [-0.39, 0.29) is 12.1 Å². The van der Waals surface area contributed by atoms with Gasteiger partial charge in [-0.2, -0.15) is 5.10 Å². The average Bonchev–Trinajstić information content (AvgIpc) is 3.14. The fraction of sp³-hybridized carbons (Fsp3) is 0.417. The van der Waals surface area contributed by atoms with Crippen molar-refractivity contribution in [1.29, 1.82) is 0 Å². The molecule has 1 amide bonds. The lowest BCUT2D eigenvalue weighted by molar-refractivity contribution is 0.0210. The van der Waals surface area contributed by atoms with E-state index in [4.69, 9.17) is 10.5 Å². The van der Waals surface area contributed by atoms with Crippen LogP contribution < -0.4 is 11.1 Å². The smallest absolute Gasteiger partial charge is 0.410 e. The van der Waals surface area contributed by atoms with E-state index >= 15 is 0 Å². The lowest BCUT2D eigenvalue weighted by Gasteiger charge is -2.33. The zero-order chi connectivity index (χ0) is 23.4. The SMILES string of the molecule is CC(C)(C)OC(=O)N1CCC(Nc2nccc(-c3cnn(Cc4ccccc4)c3N)n2)CC1. The number of aromatic nitrogens is 4. The molecule has 1 saturated heterocycles. The van der Waals surface area contributed by atoms with Crippen molar-refractivity contribution < 1.29 is 9.53 Å². The second kappa shape index (κ2) is 9.48. The summed E-state index contributed by atoms with van der Waals surface area (Å²) < 4.78 is 7.24. The molecule has 1 aliphatic rings. The zero-order valence-electron chi connectivity index (χ0n) is 19.4. The Morgan fingerprint density at radius 2 is 1.91 bits per heavy atom. The van der Waals surface area contributed by atoms with E-state index in [1.54, 1.807) is 22.0 Å². The molecule has 3 N–H and O–H groups in total. The number of amides is 1. The Morgan fingerprint density at radius 1 is 1.18 bits per heavy atom. The maximum atomic E-state index is 12.3. The molecule has 3 heterocycles. The molecule has 0 atom stereocenters. The van der Waals surface area contributed by atoms with Crippen LogP contribution >= 0.6 is 0 Å². The highest BCUT2D eigenvalue weighted by atomic mass is 16.6. The summed E-state index contributed by atoms with van der Waals surface area (Å²) in [5.41, 5.74) is 8.51. The molecule has 0 saturated carbocycles. The summed E-state index contributed by atoms with van der Waals surface area (Å²) in [6, 6.07) is 12.1. The molecule has 9 nitrogen and oxygen atoms in total. The Balaban J connectivity index is 1.38. The molecular formula is C24H31N7O2. The van der Waals surface area contributed by atoms with E-state index in [2.05, 4.69) is 20.4 Å². The van der Waals surface area contributed by atoms with Crippen molar-refractivity contribution >= 4 is 17.9 Å². The monoisotopic (exact) mass is 449 g/mol. The third-order valence-corrected chi connectivity index (χ3v) is 5.47. The first kappa shape index (κ1) is 22.6. The fourth-order valence-corrected chi connectivity index (χ4v) is 3.77. The number of rotatable bonds is 5. The standard InChI is InChI=1S/C24H31N7O2/c1-24(2,3)33-23(32)30-13-10-18(11-14-30)28-22-26-12-9-20(29-22)19-15-27-31(21(19)25)16-17-7-5-4-6-8-17/h4-9,12,15,18H,10-11,13-14,16,25H2,1-3H3,(H,26,28,29). The molecular weight excluding hydrogens is 418 g/mol. The highest BCUT2D eigenvalue weighted by Crippen LogP contribution is 2.25. The van der Waals surface area contributed by atoms with Crippen LogP contribution in [0.25, 0.3) is 11.3 Å². The first-order valence-electron chi connectivity index (χ1n) is 11.2. The van der Waals surface area contributed by atoms with Gasteiger partial charge < -0.3 is 20.7 Å². The molecule has 2 aromatic heterocycles. The average molecular weight is 450 g/mol. The number of nitrogen functional groups attached to an aromatic ring is 1. The van der Waals surface area contributed by atoms with Gasteiger partial charge >= 0.3 is 6.09 Å². The van der Waals surface area contributed by atoms with Gasteiger partial charge in [0.15, 0.2) is 0 Å². The summed E-state index contributed by atoms with van der Waals surface area (Å²) in [6.45, 7) is 7.49. The largest absolute Gasteiger partial charge is 0.444 e. The summed E-state index contributed by atoms with van der Waals surface area (Å²) in [6.07, 6.45) is 4.79. The van der Waals surface area contributed by atoms with Crippen LogP contribution in [0, 0.1) is 0 Å². The molecule has 0 bridgehead atoms. The van der Waals surface area contributed by atoms with Gasteiger partial charge in [-0.3, -0.25) is 0 Å². The Bertz CT molecular complexity index is 1080. The predicted molar refractivity (Wildman–Crippen MR) is 128 cm³/mol. The maximum absolute atomic E-state index is 12.3. The van der Waals surface area contributed by atoms with Crippen LogP contribution in [0.4, 0.5) is 16.6 Å². The Hall–Kier alpha value is -3.62. The highest BCUT2D eigenvalue weighted by Gasteiger charge is 2.27. The quantitative estimate of drug-likeness (QED) is 0.610. The van der Waals surface area contributed by atoms with Gasteiger partial charge in [0.25, 0.3) is 0 Å². The van der Waals surface area contributed by atoms with Crippen molar-refractivity contribution in [3.05, 3.63) is 54.4 Å². The normalized spacial score (nSPS) is 14.8. The number of hydrogen-bond acceptors (Lipinski definition) is 7. The van der Waals surface area contributed by atoms with E-state index < -0.39 is 5.60 Å². The van der Waals surface area contributed by atoms with Crippen LogP contribution in [0.15, 0.2) is 48.8 Å². The molecule has 1 aromatic carbocycles. The minimum Gasteiger partial charge on any atom is -0.444 e. The van der Waals surface area contributed by atoms with Gasteiger partial charge in [0.1, 0.15) is 11.4 Å². The summed E-state index contributed by atoms with van der Waals surface area (Å²) >= 11 is 0. The van der Waals surface area contributed by atoms with Gasteiger partial charge in [-0.25, -0.2) is 19.4 Å². The zero-order valence-corrected chi connectivity index (χ0v) is 19.4. The van der Waals surface area contributed by atoms with Crippen LogP contribution in [0.2, 0.25) is 0 Å². The van der Waals surface area contributed by atoms with Gasteiger partial charge in [0, 0.05) is 25.3 Å². The molecule has 174 valence electrons.